The first kappa shape index (κ1) is 31.6. The van der Waals surface area contributed by atoms with Crippen LogP contribution >= 0.6 is 0 Å². The van der Waals surface area contributed by atoms with Crippen molar-refractivity contribution in [3.8, 4) is 11.5 Å². The van der Waals surface area contributed by atoms with Gasteiger partial charge in [-0.1, -0.05) is 68.4 Å². The first-order valence-corrected chi connectivity index (χ1v) is 14.9. The van der Waals surface area contributed by atoms with Crippen LogP contribution in [0, 0.1) is 10.1 Å². The summed E-state index contributed by atoms with van der Waals surface area (Å²) in [4.78, 5) is 63.0. The fourth-order valence-corrected chi connectivity index (χ4v) is 5.45. The molecule has 1 aliphatic heterocycles. The molecule has 5 aromatic rings. The van der Waals surface area contributed by atoms with Gasteiger partial charge < -0.3 is 9.47 Å². The minimum absolute atomic E-state index is 0.0123. The van der Waals surface area contributed by atoms with Crippen LogP contribution in [0.5, 0.6) is 11.5 Å². The second-order valence-corrected chi connectivity index (χ2v) is 11.6. The Balaban J connectivity index is 1.10. The van der Waals surface area contributed by atoms with Crippen molar-refractivity contribution >= 4 is 34.9 Å². The summed E-state index contributed by atoms with van der Waals surface area (Å²) in [5.74, 6) is -1.57. The second kappa shape index (κ2) is 12.8. The molecule has 0 N–H and O–H groups in total. The van der Waals surface area contributed by atoms with Gasteiger partial charge >= 0.3 is 5.97 Å². The molecule has 0 atom stereocenters. The first-order valence-electron chi connectivity index (χ1n) is 14.9. The molecule has 1 heterocycles. The second-order valence-electron chi connectivity index (χ2n) is 11.6. The SMILES string of the molecule is CC(C)(c1ccccc1)c1ccc(Oc2ccc(N3C(=O)c4ccc(C(=O)OCC(=O)c5cccc([N+](=O)[O-])c5)cc4C3=O)cc2)cc1. The number of benzene rings is 5. The summed E-state index contributed by atoms with van der Waals surface area (Å²) < 4.78 is 11.1. The summed E-state index contributed by atoms with van der Waals surface area (Å²) in [6.45, 7) is 3.66. The third-order valence-corrected chi connectivity index (χ3v) is 8.24. The maximum atomic E-state index is 13.3. The lowest BCUT2D eigenvalue weighted by Crippen LogP contribution is -2.29. The number of nitrogens with zero attached hydrogens (tertiary/aromatic N) is 2. The van der Waals surface area contributed by atoms with Crippen molar-refractivity contribution in [2.75, 3.05) is 11.5 Å². The average Bonchev–Trinajstić information content (AvgIpc) is 3.36. The number of esters is 1. The smallest absolute Gasteiger partial charge is 0.338 e. The number of ether oxygens (including phenoxy) is 2. The quantitative estimate of drug-likeness (QED) is 0.0502. The zero-order valence-electron chi connectivity index (χ0n) is 25.9. The number of amides is 2. The van der Waals surface area contributed by atoms with Crippen LogP contribution in [0.15, 0.2) is 121 Å². The Morgan fingerprint density at radius 3 is 2.00 bits per heavy atom. The van der Waals surface area contributed by atoms with Gasteiger partial charge in [0.25, 0.3) is 17.5 Å². The summed E-state index contributed by atoms with van der Waals surface area (Å²) in [5, 5.41) is 11.0. The van der Waals surface area contributed by atoms with Crippen molar-refractivity contribution in [1.29, 1.82) is 0 Å². The largest absolute Gasteiger partial charge is 0.457 e. The lowest BCUT2D eigenvalue weighted by atomic mass is 9.78. The molecule has 5 aromatic carbocycles. The molecule has 1 aliphatic rings. The van der Waals surface area contributed by atoms with Crippen LogP contribution in [0.4, 0.5) is 11.4 Å². The van der Waals surface area contributed by atoms with E-state index < -0.39 is 35.1 Å². The monoisotopic (exact) mass is 640 g/mol. The van der Waals surface area contributed by atoms with E-state index in [2.05, 4.69) is 26.0 Å². The van der Waals surface area contributed by atoms with E-state index in [9.17, 15) is 29.3 Å². The summed E-state index contributed by atoms with van der Waals surface area (Å²) in [5.41, 5.74) is 2.29. The highest BCUT2D eigenvalue weighted by Crippen LogP contribution is 2.34. The fraction of sp³-hybridized carbons (Fsp3) is 0.105. The predicted octanol–water partition coefficient (Wildman–Crippen LogP) is 7.55. The van der Waals surface area contributed by atoms with Gasteiger partial charge in [-0.25, -0.2) is 9.69 Å². The number of fused-ring (bicyclic) bond motifs is 1. The molecular weight excluding hydrogens is 612 g/mol. The predicted molar refractivity (Wildman–Crippen MR) is 177 cm³/mol. The number of Topliss-reactive ketones (excluding diaryl/α,β-unsaturated/α-hetero) is 1. The normalized spacial score (nSPS) is 12.4. The van der Waals surface area contributed by atoms with Crippen LogP contribution in [-0.4, -0.2) is 35.1 Å². The van der Waals surface area contributed by atoms with E-state index in [-0.39, 0.29) is 33.4 Å². The van der Waals surface area contributed by atoms with Gasteiger partial charge in [-0.2, -0.15) is 0 Å². The van der Waals surface area contributed by atoms with Crippen LogP contribution in [0.25, 0.3) is 0 Å². The highest BCUT2D eigenvalue weighted by atomic mass is 16.6. The van der Waals surface area contributed by atoms with E-state index in [1.807, 2.05) is 42.5 Å². The number of carbonyl (C=O) groups is 4. The Kier molecular flexibility index (Phi) is 8.39. The summed E-state index contributed by atoms with van der Waals surface area (Å²) >= 11 is 0. The zero-order valence-corrected chi connectivity index (χ0v) is 25.9. The molecule has 0 fully saturated rings. The van der Waals surface area contributed by atoms with Crippen LogP contribution in [0.2, 0.25) is 0 Å². The molecule has 10 nitrogen and oxygen atoms in total. The third kappa shape index (κ3) is 6.19. The lowest BCUT2D eigenvalue weighted by Gasteiger charge is -2.26. The maximum Gasteiger partial charge on any atom is 0.338 e. The minimum Gasteiger partial charge on any atom is -0.457 e. The van der Waals surface area contributed by atoms with Crippen LogP contribution in [0.3, 0.4) is 0 Å². The van der Waals surface area contributed by atoms with E-state index in [1.165, 1.54) is 42.0 Å². The lowest BCUT2D eigenvalue weighted by molar-refractivity contribution is -0.384. The van der Waals surface area contributed by atoms with Gasteiger partial charge in [0.2, 0.25) is 5.78 Å². The molecular formula is C38H28N2O8. The molecule has 0 bridgehead atoms. The van der Waals surface area contributed by atoms with E-state index >= 15 is 0 Å². The van der Waals surface area contributed by atoms with Crippen molar-refractivity contribution in [3.05, 3.63) is 165 Å². The van der Waals surface area contributed by atoms with Gasteiger partial charge in [-0.3, -0.25) is 24.5 Å². The number of imide groups is 1. The van der Waals surface area contributed by atoms with Crippen molar-refractivity contribution in [2.45, 2.75) is 19.3 Å². The molecule has 0 unspecified atom stereocenters. The highest BCUT2D eigenvalue weighted by molar-refractivity contribution is 6.34. The summed E-state index contributed by atoms with van der Waals surface area (Å²) in [6, 6.07) is 33.6. The molecule has 238 valence electrons. The van der Waals surface area contributed by atoms with Crippen LogP contribution < -0.4 is 9.64 Å². The van der Waals surface area contributed by atoms with Crippen LogP contribution in [-0.2, 0) is 10.2 Å². The van der Waals surface area contributed by atoms with Crippen molar-refractivity contribution < 1.29 is 33.6 Å². The Morgan fingerprint density at radius 2 is 1.33 bits per heavy atom. The molecule has 2 amide bonds. The van der Waals surface area contributed by atoms with Gasteiger partial charge in [0.05, 0.1) is 27.3 Å². The van der Waals surface area contributed by atoms with Crippen molar-refractivity contribution in [1.82, 2.24) is 0 Å². The molecule has 0 aromatic heterocycles. The van der Waals surface area contributed by atoms with Gasteiger partial charge in [0, 0.05) is 23.1 Å². The van der Waals surface area contributed by atoms with Crippen LogP contribution in [0.1, 0.15) is 66.4 Å². The molecule has 10 heteroatoms. The summed E-state index contributed by atoms with van der Waals surface area (Å²) in [6.07, 6.45) is 0. The highest BCUT2D eigenvalue weighted by Gasteiger charge is 2.37. The van der Waals surface area contributed by atoms with Crippen molar-refractivity contribution in [2.24, 2.45) is 0 Å². The Morgan fingerprint density at radius 1 is 0.708 bits per heavy atom. The number of hydrogen-bond donors (Lipinski definition) is 0. The molecule has 0 saturated carbocycles. The molecule has 48 heavy (non-hydrogen) atoms. The Hall–Kier alpha value is -6.42. The molecule has 0 spiro atoms. The number of carbonyl (C=O) groups excluding carboxylic acids is 4. The maximum absolute atomic E-state index is 13.3. The van der Waals surface area contributed by atoms with E-state index in [0.717, 1.165) is 16.5 Å². The molecule has 0 aliphatic carbocycles. The Bertz CT molecular complexity index is 2070. The number of non-ortho nitro benzene ring substituents is 1. The fourth-order valence-electron chi connectivity index (χ4n) is 5.45. The number of anilines is 1. The standard InChI is InChI=1S/C38H28N2O8/c1-38(2,26-8-4-3-5-9-26)27-12-16-30(17-13-27)48-31-18-14-28(15-19-31)39-35(42)32-20-11-25(22-33(32)36(39)43)37(44)47-23-34(41)24-7-6-10-29(21-24)40(45)46/h3-22H,23H2,1-2H3. The van der Waals surface area contributed by atoms with E-state index in [0.29, 0.717) is 17.2 Å². The molecule has 6 rings (SSSR count). The zero-order chi connectivity index (χ0) is 34.0. The molecule has 0 saturated heterocycles. The first-order chi connectivity index (χ1) is 23.0. The number of nitro benzene ring substituents is 1. The van der Waals surface area contributed by atoms with E-state index in [1.54, 1.807) is 24.3 Å². The average molecular weight is 641 g/mol. The number of rotatable bonds is 10. The third-order valence-electron chi connectivity index (χ3n) is 8.24. The topological polar surface area (TPSA) is 133 Å². The van der Waals surface area contributed by atoms with Gasteiger partial charge in [0.1, 0.15) is 11.5 Å². The van der Waals surface area contributed by atoms with Gasteiger partial charge in [-0.05, 0) is 65.7 Å². The number of hydrogen-bond acceptors (Lipinski definition) is 8. The van der Waals surface area contributed by atoms with Gasteiger partial charge in [0.15, 0.2) is 6.61 Å². The Labute approximate surface area is 275 Å². The molecule has 0 radical (unpaired) electrons. The number of ketones is 1. The van der Waals surface area contributed by atoms with E-state index in [4.69, 9.17) is 9.47 Å². The number of nitro groups is 1. The minimum atomic E-state index is -0.895. The van der Waals surface area contributed by atoms with Crippen molar-refractivity contribution in [3.63, 3.8) is 0 Å². The van der Waals surface area contributed by atoms with Gasteiger partial charge in [-0.15, -0.1) is 0 Å². The summed E-state index contributed by atoms with van der Waals surface area (Å²) in [7, 11) is 0.